The second kappa shape index (κ2) is 9.27. The molecule has 0 fully saturated rings. The average molecular weight is 242 g/mol. The predicted molar refractivity (Wildman–Crippen MR) is 53.5 cm³/mol. The molecular formula is C12H14ClTi. The molecule has 0 amide bonds. The van der Waals surface area contributed by atoms with Gasteiger partial charge < -0.3 is 12.4 Å². The van der Waals surface area contributed by atoms with Gasteiger partial charge in [-0.05, 0) is 0 Å². The van der Waals surface area contributed by atoms with Crippen LogP contribution < -0.4 is 12.4 Å². The van der Waals surface area contributed by atoms with Crippen LogP contribution in [-0.2, 0) is 21.7 Å². The Morgan fingerprint density at radius 2 is 1.21 bits per heavy atom. The van der Waals surface area contributed by atoms with Gasteiger partial charge in [-0.2, -0.15) is 36.4 Å². The van der Waals surface area contributed by atoms with Gasteiger partial charge in [0.1, 0.15) is 0 Å². The van der Waals surface area contributed by atoms with E-state index in [9.17, 15) is 0 Å². The van der Waals surface area contributed by atoms with E-state index in [1.54, 1.807) is 0 Å². The fourth-order valence-corrected chi connectivity index (χ4v) is 0.940. The van der Waals surface area contributed by atoms with Gasteiger partial charge in [-0.3, -0.25) is 0 Å². The van der Waals surface area contributed by atoms with Crippen molar-refractivity contribution in [1.29, 1.82) is 0 Å². The van der Waals surface area contributed by atoms with Crippen molar-refractivity contribution in [2.24, 2.45) is 0 Å². The fourth-order valence-electron chi connectivity index (χ4n) is 0.940. The van der Waals surface area contributed by atoms with Crippen LogP contribution in [0.1, 0.15) is 11.1 Å². The molecule has 73 valence electrons. The van der Waals surface area contributed by atoms with Gasteiger partial charge in [0.25, 0.3) is 0 Å². The molecule has 0 bridgehead atoms. The number of hydrogen-bond acceptors (Lipinski definition) is 0. The Labute approximate surface area is 107 Å². The minimum absolute atomic E-state index is 0. The minimum atomic E-state index is 0. The molecule has 2 rings (SSSR count). The Bertz CT molecular complexity index is 250. The van der Waals surface area contributed by atoms with Gasteiger partial charge in [0.2, 0.25) is 0 Å². The molecule has 2 heteroatoms. The first kappa shape index (κ1) is 16.1. The van der Waals surface area contributed by atoms with Crippen molar-refractivity contribution in [1.82, 2.24) is 0 Å². The molecule has 0 saturated carbocycles. The maximum Gasteiger partial charge on any atom is 3.00 e. The third-order valence-electron chi connectivity index (χ3n) is 1.66. The first-order chi connectivity index (χ1) is 5.79. The van der Waals surface area contributed by atoms with Crippen LogP contribution in [0.25, 0.3) is 0 Å². The van der Waals surface area contributed by atoms with E-state index in [4.69, 9.17) is 0 Å². The third-order valence-corrected chi connectivity index (χ3v) is 1.66. The number of rotatable bonds is 0. The molecule has 2 aromatic carbocycles. The van der Waals surface area contributed by atoms with Gasteiger partial charge in [-0.1, -0.05) is 13.8 Å². The molecule has 0 N–H and O–H groups in total. The molecule has 0 atom stereocenters. The molecule has 0 nitrogen and oxygen atoms in total. The van der Waals surface area contributed by atoms with Crippen molar-refractivity contribution >= 4 is 0 Å². The standard InChI is InChI=1S/2C6H7.ClH.Ti/c2*1-6-4-2-3-5-6;;/h2*2-5H,1H3;1H;/q2*-1;;+3/p-1. The summed E-state index contributed by atoms with van der Waals surface area (Å²) in [6.45, 7) is 4.17. The molecule has 0 aliphatic heterocycles. The molecule has 1 radical (unpaired) electrons. The zero-order chi connectivity index (χ0) is 8.81. The van der Waals surface area contributed by atoms with E-state index >= 15 is 0 Å². The number of hydrogen-bond donors (Lipinski definition) is 0. The van der Waals surface area contributed by atoms with Crippen molar-refractivity contribution in [2.75, 3.05) is 0 Å². The summed E-state index contributed by atoms with van der Waals surface area (Å²) >= 11 is 0. The maximum atomic E-state index is 2.08. The number of aryl methyl sites for hydroxylation is 2. The van der Waals surface area contributed by atoms with E-state index in [-0.39, 0.29) is 34.1 Å². The summed E-state index contributed by atoms with van der Waals surface area (Å²) in [5.74, 6) is 0. The van der Waals surface area contributed by atoms with Gasteiger partial charge in [0, 0.05) is 0 Å². The first-order valence-corrected chi connectivity index (χ1v) is 4.15. The Morgan fingerprint density at radius 1 is 0.857 bits per heavy atom. The van der Waals surface area contributed by atoms with Crippen molar-refractivity contribution in [3.8, 4) is 0 Å². The van der Waals surface area contributed by atoms with E-state index < -0.39 is 0 Å². The molecule has 0 aliphatic carbocycles. The largest absolute Gasteiger partial charge is 3.00 e. The summed E-state index contributed by atoms with van der Waals surface area (Å²) in [5.41, 5.74) is 2.69. The zero-order valence-electron chi connectivity index (χ0n) is 8.50. The summed E-state index contributed by atoms with van der Waals surface area (Å²) < 4.78 is 0. The summed E-state index contributed by atoms with van der Waals surface area (Å²) in [4.78, 5) is 0. The topological polar surface area (TPSA) is 0 Å². The Balaban J connectivity index is 0. The van der Waals surface area contributed by atoms with E-state index in [2.05, 4.69) is 38.1 Å². The van der Waals surface area contributed by atoms with Crippen molar-refractivity contribution < 1.29 is 34.1 Å². The molecule has 0 aromatic heterocycles. The third kappa shape index (κ3) is 7.14. The van der Waals surface area contributed by atoms with Crippen LogP contribution in [0.2, 0.25) is 0 Å². The molecule has 0 aliphatic rings. The average Bonchev–Trinajstić information content (AvgIpc) is 2.63. The maximum absolute atomic E-state index is 2.08. The van der Waals surface area contributed by atoms with Gasteiger partial charge in [-0.15, -0.1) is 0 Å². The Kier molecular flexibility index (Phi) is 10.7. The van der Waals surface area contributed by atoms with Crippen LogP contribution in [0.5, 0.6) is 0 Å². The van der Waals surface area contributed by atoms with Crippen LogP contribution in [0.4, 0.5) is 0 Å². The predicted octanol–water partition coefficient (Wildman–Crippen LogP) is 0.429. The Hall–Kier alpha value is -0.296. The van der Waals surface area contributed by atoms with Crippen LogP contribution >= 0.6 is 0 Å². The second-order valence-corrected chi connectivity index (χ2v) is 2.92. The normalized spacial score (nSPS) is 7.57. The van der Waals surface area contributed by atoms with Gasteiger partial charge in [-0.25, -0.2) is 23.3 Å². The molecule has 2 aromatic rings. The number of halogens is 1. The molecule has 0 unspecified atom stereocenters. The van der Waals surface area contributed by atoms with Gasteiger partial charge in [0.05, 0.1) is 0 Å². The van der Waals surface area contributed by atoms with E-state index in [1.165, 1.54) is 11.1 Å². The summed E-state index contributed by atoms with van der Waals surface area (Å²) in [6, 6.07) is 16.5. The molecule has 0 saturated heterocycles. The summed E-state index contributed by atoms with van der Waals surface area (Å²) in [6.07, 6.45) is 0. The monoisotopic (exact) mass is 241 g/mol. The SMILES string of the molecule is Cc1cc[cH-]c1.Cc1cc[cH-]c1.[Cl-].[Ti+3]. The van der Waals surface area contributed by atoms with Crippen molar-refractivity contribution in [3.05, 3.63) is 59.7 Å². The quantitative estimate of drug-likeness (QED) is 0.464. The zero-order valence-corrected chi connectivity index (χ0v) is 10.8. The smallest absolute Gasteiger partial charge is 1.00 e. The van der Waals surface area contributed by atoms with E-state index in [0.717, 1.165) is 0 Å². The summed E-state index contributed by atoms with van der Waals surface area (Å²) in [7, 11) is 0. The molecular weight excluding hydrogens is 227 g/mol. The van der Waals surface area contributed by atoms with Gasteiger partial charge in [0.15, 0.2) is 0 Å². The van der Waals surface area contributed by atoms with E-state index in [0.29, 0.717) is 0 Å². The van der Waals surface area contributed by atoms with Crippen molar-refractivity contribution in [3.63, 3.8) is 0 Å². The minimum Gasteiger partial charge on any atom is -1.00 e. The Morgan fingerprint density at radius 3 is 1.29 bits per heavy atom. The van der Waals surface area contributed by atoms with E-state index in [1.807, 2.05) is 24.3 Å². The van der Waals surface area contributed by atoms with Gasteiger partial charge >= 0.3 is 21.7 Å². The molecule has 0 spiro atoms. The van der Waals surface area contributed by atoms with Crippen molar-refractivity contribution in [2.45, 2.75) is 13.8 Å². The van der Waals surface area contributed by atoms with Crippen LogP contribution in [0.15, 0.2) is 48.5 Å². The first-order valence-electron chi connectivity index (χ1n) is 4.15. The van der Waals surface area contributed by atoms with Crippen LogP contribution in [-0.4, -0.2) is 0 Å². The van der Waals surface area contributed by atoms with Crippen LogP contribution in [0.3, 0.4) is 0 Å². The second-order valence-electron chi connectivity index (χ2n) is 2.92. The fraction of sp³-hybridized carbons (Fsp3) is 0.167. The molecule has 0 heterocycles. The molecule has 14 heavy (non-hydrogen) atoms. The van der Waals surface area contributed by atoms with Crippen LogP contribution in [0, 0.1) is 13.8 Å². The summed E-state index contributed by atoms with van der Waals surface area (Å²) in [5, 5.41) is 0.